The van der Waals surface area contributed by atoms with Crippen LogP contribution in [0.15, 0.2) is 36.4 Å². The summed E-state index contributed by atoms with van der Waals surface area (Å²) in [4.78, 5) is 30.6. The average Bonchev–Trinajstić information content (AvgIpc) is 2.88. The topological polar surface area (TPSA) is 83.1 Å². The third kappa shape index (κ3) is 6.18. The van der Waals surface area contributed by atoms with Crippen molar-refractivity contribution in [2.75, 3.05) is 55.9 Å². The first kappa shape index (κ1) is 24.7. The zero-order chi connectivity index (χ0) is 24.8. The summed E-state index contributed by atoms with van der Waals surface area (Å²) in [6.45, 7) is 5.68. The number of piperidine rings is 2. The molecule has 35 heavy (non-hydrogen) atoms. The van der Waals surface area contributed by atoms with Crippen molar-refractivity contribution in [1.82, 2.24) is 4.90 Å². The highest BCUT2D eigenvalue weighted by Crippen LogP contribution is 2.30. The van der Waals surface area contributed by atoms with Crippen LogP contribution in [0, 0.1) is 5.92 Å². The van der Waals surface area contributed by atoms with E-state index in [1.54, 1.807) is 32.4 Å². The van der Waals surface area contributed by atoms with Crippen LogP contribution in [0.25, 0.3) is 0 Å². The third-order valence-electron chi connectivity index (χ3n) is 6.86. The number of carbonyl (C=O) groups is 2. The lowest BCUT2D eigenvalue weighted by molar-refractivity contribution is 0.0697. The predicted molar refractivity (Wildman–Crippen MR) is 139 cm³/mol. The van der Waals surface area contributed by atoms with Gasteiger partial charge in [0.2, 0.25) is 0 Å². The lowest BCUT2D eigenvalue weighted by Crippen LogP contribution is -2.39. The van der Waals surface area contributed by atoms with Crippen LogP contribution in [0.2, 0.25) is 0 Å². The van der Waals surface area contributed by atoms with Crippen LogP contribution in [0.5, 0.6) is 11.5 Å². The molecule has 8 heteroatoms. The average molecular weight is 481 g/mol. The smallest absolute Gasteiger partial charge is 0.323 e. The minimum absolute atomic E-state index is 0.0408. The maximum atomic E-state index is 13.6. The van der Waals surface area contributed by atoms with Gasteiger partial charge in [0.15, 0.2) is 0 Å². The Hall–Kier alpha value is -3.42. The first-order valence-corrected chi connectivity index (χ1v) is 12.5. The van der Waals surface area contributed by atoms with E-state index >= 15 is 0 Å². The number of anilines is 3. The molecule has 0 spiro atoms. The Balaban J connectivity index is 1.54. The molecule has 0 saturated carbocycles. The highest BCUT2D eigenvalue weighted by molar-refractivity contribution is 6.04. The fraction of sp³-hybridized carbons (Fsp3) is 0.481. The van der Waals surface area contributed by atoms with E-state index in [0.29, 0.717) is 34.4 Å². The molecule has 188 valence electrons. The number of urea groups is 1. The van der Waals surface area contributed by atoms with Gasteiger partial charge in [-0.1, -0.05) is 6.92 Å². The van der Waals surface area contributed by atoms with Crippen LogP contribution >= 0.6 is 0 Å². The molecule has 8 nitrogen and oxygen atoms in total. The molecular formula is C27H36N4O4. The molecule has 0 bridgehead atoms. The van der Waals surface area contributed by atoms with Gasteiger partial charge in [0, 0.05) is 61.4 Å². The molecule has 3 amide bonds. The van der Waals surface area contributed by atoms with Gasteiger partial charge in [0.05, 0.1) is 19.8 Å². The van der Waals surface area contributed by atoms with Crippen molar-refractivity contribution in [2.45, 2.75) is 39.0 Å². The summed E-state index contributed by atoms with van der Waals surface area (Å²) in [6.07, 6.45) is 5.52. The largest absolute Gasteiger partial charge is 0.497 e. The number of likely N-dealkylation sites (tertiary alicyclic amines) is 1. The molecule has 2 aliphatic rings. The molecule has 2 aromatic rings. The SMILES string of the molecule is COc1cc(NC(=O)Nc2ccc(N3CCCCC3)c(C(=O)N3CCC(C)CC3)c2)cc(OC)c1. The monoisotopic (exact) mass is 480 g/mol. The molecule has 4 rings (SSSR count). The maximum absolute atomic E-state index is 13.6. The molecular weight excluding hydrogens is 444 g/mol. The first-order valence-electron chi connectivity index (χ1n) is 12.5. The van der Waals surface area contributed by atoms with Crippen molar-refractivity contribution in [3.63, 3.8) is 0 Å². The minimum atomic E-state index is -0.406. The Morgan fingerprint density at radius 3 is 2.09 bits per heavy atom. The van der Waals surface area contributed by atoms with E-state index in [2.05, 4.69) is 22.5 Å². The summed E-state index contributed by atoms with van der Waals surface area (Å²) >= 11 is 0. The summed E-state index contributed by atoms with van der Waals surface area (Å²) in [7, 11) is 3.12. The standard InChI is InChI=1S/C27H36N4O4/c1-19-9-13-31(14-10-19)26(32)24-17-20(7-8-25(24)30-11-5-4-6-12-30)28-27(33)29-21-15-22(34-2)18-23(16-21)35-3/h7-8,15-19H,4-6,9-14H2,1-3H3,(H2,28,29,33). The number of nitrogens with one attached hydrogen (secondary N) is 2. The molecule has 2 aromatic carbocycles. The number of methoxy groups -OCH3 is 2. The summed E-state index contributed by atoms with van der Waals surface area (Å²) in [5, 5.41) is 5.70. The fourth-order valence-electron chi connectivity index (χ4n) is 4.75. The molecule has 2 fully saturated rings. The van der Waals surface area contributed by atoms with Crippen molar-refractivity contribution in [1.29, 1.82) is 0 Å². The van der Waals surface area contributed by atoms with Crippen LogP contribution in [-0.4, -0.2) is 57.2 Å². The summed E-state index contributed by atoms with van der Waals surface area (Å²) in [6, 6.07) is 10.4. The summed E-state index contributed by atoms with van der Waals surface area (Å²) in [5.41, 5.74) is 2.73. The van der Waals surface area contributed by atoms with Gasteiger partial charge in [0.25, 0.3) is 5.91 Å². The van der Waals surface area contributed by atoms with Gasteiger partial charge in [-0.25, -0.2) is 4.79 Å². The second kappa shape index (κ2) is 11.3. The molecule has 2 N–H and O–H groups in total. The van der Waals surface area contributed by atoms with E-state index in [0.717, 1.165) is 57.5 Å². The van der Waals surface area contributed by atoms with Crippen molar-refractivity contribution in [3.8, 4) is 11.5 Å². The van der Waals surface area contributed by atoms with Gasteiger partial charge >= 0.3 is 6.03 Å². The summed E-state index contributed by atoms with van der Waals surface area (Å²) < 4.78 is 10.6. The van der Waals surface area contributed by atoms with Gasteiger partial charge in [-0.05, 0) is 56.2 Å². The predicted octanol–water partition coefficient (Wildman–Crippen LogP) is 5.21. The number of hydrogen-bond acceptors (Lipinski definition) is 5. The Morgan fingerprint density at radius 1 is 0.829 bits per heavy atom. The van der Waals surface area contributed by atoms with Crippen molar-refractivity contribution in [2.24, 2.45) is 5.92 Å². The first-order chi connectivity index (χ1) is 17.0. The van der Waals surface area contributed by atoms with E-state index in [9.17, 15) is 9.59 Å². The van der Waals surface area contributed by atoms with Gasteiger partial charge in [0.1, 0.15) is 11.5 Å². The van der Waals surface area contributed by atoms with Gasteiger partial charge < -0.3 is 29.9 Å². The van der Waals surface area contributed by atoms with E-state index in [4.69, 9.17) is 9.47 Å². The number of hydrogen-bond donors (Lipinski definition) is 2. The van der Waals surface area contributed by atoms with E-state index in [1.807, 2.05) is 23.1 Å². The van der Waals surface area contributed by atoms with Crippen molar-refractivity contribution < 1.29 is 19.1 Å². The second-order valence-corrected chi connectivity index (χ2v) is 9.43. The fourth-order valence-corrected chi connectivity index (χ4v) is 4.75. The van der Waals surface area contributed by atoms with Gasteiger partial charge in [-0.3, -0.25) is 4.79 Å². The minimum Gasteiger partial charge on any atom is -0.497 e. The zero-order valence-electron chi connectivity index (χ0n) is 20.9. The normalized spacial score (nSPS) is 16.5. The third-order valence-corrected chi connectivity index (χ3v) is 6.86. The van der Waals surface area contributed by atoms with E-state index in [-0.39, 0.29) is 5.91 Å². The number of amides is 3. The van der Waals surface area contributed by atoms with Crippen LogP contribution < -0.4 is 25.0 Å². The maximum Gasteiger partial charge on any atom is 0.323 e. The highest BCUT2D eigenvalue weighted by Gasteiger charge is 2.26. The number of ether oxygens (including phenoxy) is 2. The second-order valence-electron chi connectivity index (χ2n) is 9.43. The molecule has 2 heterocycles. The van der Waals surface area contributed by atoms with Crippen molar-refractivity contribution in [3.05, 3.63) is 42.0 Å². The molecule has 0 radical (unpaired) electrons. The Labute approximate surface area is 207 Å². The Morgan fingerprint density at radius 2 is 1.46 bits per heavy atom. The molecule has 0 aliphatic carbocycles. The van der Waals surface area contributed by atoms with Crippen LogP contribution in [0.3, 0.4) is 0 Å². The van der Waals surface area contributed by atoms with E-state index < -0.39 is 6.03 Å². The van der Waals surface area contributed by atoms with Crippen LogP contribution in [-0.2, 0) is 0 Å². The molecule has 2 aliphatic heterocycles. The van der Waals surface area contributed by atoms with Gasteiger partial charge in [-0.15, -0.1) is 0 Å². The quantitative estimate of drug-likeness (QED) is 0.593. The van der Waals surface area contributed by atoms with Crippen LogP contribution in [0.4, 0.5) is 21.9 Å². The lowest BCUT2D eigenvalue weighted by atomic mass is 9.98. The number of nitrogens with zero attached hydrogens (tertiary/aromatic N) is 2. The number of carbonyl (C=O) groups excluding carboxylic acids is 2. The van der Waals surface area contributed by atoms with E-state index in [1.165, 1.54) is 6.42 Å². The lowest BCUT2D eigenvalue weighted by Gasteiger charge is -2.34. The molecule has 0 unspecified atom stereocenters. The number of benzene rings is 2. The Bertz CT molecular complexity index is 1020. The van der Waals surface area contributed by atoms with Crippen molar-refractivity contribution >= 4 is 29.0 Å². The highest BCUT2D eigenvalue weighted by atomic mass is 16.5. The van der Waals surface area contributed by atoms with Gasteiger partial charge in [-0.2, -0.15) is 0 Å². The molecule has 2 saturated heterocycles. The molecule has 0 aromatic heterocycles. The number of rotatable bonds is 6. The Kier molecular flexibility index (Phi) is 8.00. The summed E-state index contributed by atoms with van der Waals surface area (Å²) in [5.74, 6) is 1.84. The van der Waals surface area contributed by atoms with Crippen LogP contribution in [0.1, 0.15) is 49.4 Å². The zero-order valence-corrected chi connectivity index (χ0v) is 20.9. The molecule has 0 atom stereocenters.